The molecule has 3 aliphatic heterocycles. The summed E-state index contributed by atoms with van der Waals surface area (Å²) in [5.41, 5.74) is 0.577. The van der Waals surface area contributed by atoms with Gasteiger partial charge in [-0.1, -0.05) is 12.1 Å². The van der Waals surface area contributed by atoms with E-state index in [0.717, 1.165) is 4.90 Å². The van der Waals surface area contributed by atoms with Crippen molar-refractivity contribution >= 4 is 35.3 Å². The summed E-state index contributed by atoms with van der Waals surface area (Å²) in [6.45, 7) is 2.81. The standard InChI is InChI=1S/C21H26FN6O4/c1-24-19-18(20(30)25(2)21(24)31)28(13-17(29)32-3)16(23-19)12-26-8-10-27(11-9-26)15-7-5-4-6-14(15)22/h4-7,18H,8-13H2,1-3H3/q+1. The average Bonchev–Trinajstić information content (AvgIpc) is 3.15. The number of rotatable bonds is 5. The van der Waals surface area contributed by atoms with Crippen molar-refractivity contribution in [3.8, 4) is 0 Å². The van der Waals surface area contributed by atoms with Crippen LogP contribution < -0.4 is 4.90 Å². The zero-order valence-electron chi connectivity index (χ0n) is 18.3. The molecule has 3 aliphatic rings. The number of ether oxygens (including phenoxy) is 1. The Morgan fingerprint density at radius 2 is 1.84 bits per heavy atom. The predicted molar refractivity (Wildman–Crippen MR) is 114 cm³/mol. The summed E-state index contributed by atoms with van der Waals surface area (Å²) in [6.07, 6.45) is 0. The molecule has 2 fully saturated rings. The summed E-state index contributed by atoms with van der Waals surface area (Å²) in [4.78, 5) is 48.3. The Bertz CT molecular complexity index is 1020. The number of aliphatic imine (C=N–C) groups is 1. The summed E-state index contributed by atoms with van der Waals surface area (Å²) in [6, 6.07) is 5.37. The van der Waals surface area contributed by atoms with E-state index in [1.165, 1.54) is 25.1 Å². The van der Waals surface area contributed by atoms with Crippen molar-refractivity contribution in [3.05, 3.63) is 30.1 Å². The maximum Gasteiger partial charge on any atom is 0.347 e. The first-order valence-corrected chi connectivity index (χ1v) is 10.4. The number of hydrogen-bond donors (Lipinski definition) is 0. The van der Waals surface area contributed by atoms with Gasteiger partial charge in [-0.2, -0.15) is 0 Å². The van der Waals surface area contributed by atoms with Crippen LogP contribution in [-0.2, 0) is 14.3 Å². The molecule has 1 aromatic rings. The first-order valence-electron chi connectivity index (χ1n) is 10.4. The van der Waals surface area contributed by atoms with Crippen LogP contribution in [0.15, 0.2) is 29.3 Å². The third kappa shape index (κ3) is 3.83. The molecule has 0 bridgehead atoms. The molecule has 0 saturated carbocycles. The van der Waals surface area contributed by atoms with Crippen LogP contribution in [-0.4, -0.2) is 115 Å². The van der Waals surface area contributed by atoms with Gasteiger partial charge in [0, 0.05) is 40.3 Å². The molecule has 0 aromatic heterocycles. The molecule has 1 aromatic carbocycles. The van der Waals surface area contributed by atoms with Gasteiger partial charge in [0.1, 0.15) is 12.4 Å². The second kappa shape index (κ2) is 8.65. The molecule has 0 aliphatic carbocycles. The molecule has 11 heteroatoms. The minimum Gasteiger partial charge on any atom is -0.466 e. The average molecular weight is 445 g/mol. The highest BCUT2D eigenvalue weighted by molar-refractivity contribution is 6.23. The number of piperazine rings is 1. The number of para-hydroxylation sites is 1. The van der Waals surface area contributed by atoms with E-state index < -0.39 is 23.9 Å². The molecule has 2 saturated heterocycles. The second-order valence-electron chi connectivity index (χ2n) is 7.95. The molecular weight excluding hydrogens is 419 g/mol. The Morgan fingerprint density at radius 1 is 1.16 bits per heavy atom. The van der Waals surface area contributed by atoms with Gasteiger partial charge in [-0.3, -0.25) is 19.5 Å². The number of benzene rings is 1. The Kier molecular flexibility index (Phi) is 5.92. The maximum atomic E-state index is 14.1. The van der Waals surface area contributed by atoms with Gasteiger partial charge < -0.3 is 9.64 Å². The lowest BCUT2D eigenvalue weighted by atomic mass is 10.1. The number of imide groups is 1. The minimum atomic E-state index is -0.850. The van der Waals surface area contributed by atoms with Gasteiger partial charge in [-0.15, -0.1) is 0 Å². The Morgan fingerprint density at radius 3 is 2.50 bits per heavy atom. The number of esters is 1. The maximum absolute atomic E-state index is 14.1. The van der Waals surface area contributed by atoms with Crippen molar-refractivity contribution in [2.75, 3.05) is 65.4 Å². The number of hydrogen-bond acceptors (Lipinski definition) is 7. The summed E-state index contributed by atoms with van der Waals surface area (Å²) < 4.78 is 20.5. The van der Waals surface area contributed by atoms with E-state index in [-0.39, 0.29) is 12.4 Å². The van der Waals surface area contributed by atoms with Crippen LogP contribution in [0.2, 0.25) is 0 Å². The van der Waals surface area contributed by atoms with Crippen molar-refractivity contribution in [2.45, 2.75) is 6.04 Å². The molecule has 0 radical (unpaired) electrons. The molecular formula is C21H26FN6O4+. The zero-order valence-corrected chi connectivity index (χ0v) is 18.3. The van der Waals surface area contributed by atoms with E-state index >= 15 is 0 Å². The molecule has 170 valence electrons. The smallest absolute Gasteiger partial charge is 0.347 e. The number of amides is 3. The van der Waals surface area contributed by atoms with Crippen LogP contribution in [0.4, 0.5) is 14.9 Å². The number of likely N-dealkylation sites (N-methyl/N-ethyl adjacent to an activating group) is 2. The monoisotopic (exact) mass is 445 g/mol. The summed E-state index contributed by atoms with van der Waals surface area (Å²) in [7, 11) is 4.25. The van der Waals surface area contributed by atoms with E-state index in [4.69, 9.17) is 4.74 Å². The number of halogens is 1. The van der Waals surface area contributed by atoms with Crippen molar-refractivity contribution < 1.29 is 28.1 Å². The fraction of sp³-hybridized carbons (Fsp3) is 0.476. The quantitative estimate of drug-likeness (QED) is 0.462. The van der Waals surface area contributed by atoms with Gasteiger partial charge in [0.05, 0.1) is 12.8 Å². The van der Waals surface area contributed by atoms with Crippen LogP contribution in [0.25, 0.3) is 0 Å². The van der Waals surface area contributed by atoms with Crippen LogP contribution in [0.5, 0.6) is 0 Å². The number of methoxy groups -OCH3 is 1. The highest BCUT2D eigenvalue weighted by atomic mass is 19.1. The SMILES string of the molecule is COC(=O)C[N+]1=C(CN2CCN(c3ccccc3F)CC2)N=C2C1C(=O)N(C)C(=O)N2C. The van der Waals surface area contributed by atoms with Gasteiger partial charge in [-0.05, 0) is 17.1 Å². The van der Waals surface area contributed by atoms with Crippen LogP contribution in [0.1, 0.15) is 0 Å². The lowest BCUT2D eigenvalue weighted by molar-refractivity contribution is -0.527. The number of carbonyl (C=O) groups is 3. The van der Waals surface area contributed by atoms with E-state index in [1.54, 1.807) is 23.8 Å². The third-order valence-electron chi connectivity index (χ3n) is 6.07. The highest BCUT2D eigenvalue weighted by Gasteiger charge is 2.53. The number of carbonyl (C=O) groups excluding carboxylic acids is 3. The van der Waals surface area contributed by atoms with Gasteiger partial charge >= 0.3 is 17.8 Å². The number of fused-ring (bicyclic) bond motifs is 1. The molecule has 1 atom stereocenters. The molecule has 4 rings (SSSR count). The lowest BCUT2D eigenvalue weighted by Gasteiger charge is -2.35. The second-order valence-corrected chi connectivity index (χ2v) is 7.95. The molecule has 3 heterocycles. The molecule has 0 spiro atoms. The van der Waals surface area contributed by atoms with Gasteiger partial charge in [0.25, 0.3) is 17.8 Å². The molecule has 32 heavy (non-hydrogen) atoms. The normalized spacial score (nSPS) is 21.8. The topological polar surface area (TPSA) is 88.8 Å². The number of anilines is 1. The molecule has 3 amide bonds. The summed E-state index contributed by atoms with van der Waals surface area (Å²) in [5, 5.41) is 0. The fourth-order valence-corrected chi connectivity index (χ4v) is 4.22. The number of nitrogens with zero attached hydrogens (tertiary/aromatic N) is 6. The van der Waals surface area contributed by atoms with E-state index in [9.17, 15) is 18.8 Å². The minimum absolute atomic E-state index is 0.152. The Hall–Kier alpha value is -3.34. The van der Waals surface area contributed by atoms with Crippen molar-refractivity contribution in [2.24, 2.45) is 4.99 Å². The molecule has 10 nitrogen and oxygen atoms in total. The van der Waals surface area contributed by atoms with Gasteiger partial charge in [0.15, 0.2) is 6.54 Å². The fourth-order valence-electron chi connectivity index (χ4n) is 4.22. The lowest BCUT2D eigenvalue weighted by Crippen LogP contribution is -2.62. The number of urea groups is 1. The van der Waals surface area contributed by atoms with Gasteiger partial charge in [-0.25, -0.2) is 18.6 Å². The molecule has 0 N–H and O–H groups in total. The number of amidine groups is 2. The molecule has 1 unspecified atom stereocenters. The van der Waals surface area contributed by atoms with Crippen molar-refractivity contribution in [1.29, 1.82) is 0 Å². The zero-order chi connectivity index (χ0) is 23.0. The first kappa shape index (κ1) is 21.9. The predicted octanol–water partition coefficient (Wildman–Crippen LogP) is -0.164. The third-order valence-corrected chi connectivity index (χ3v) is 6.07. The first-order chi connectivity index (χ1) is 15.3. The highest BCUT2D eigenvalue weighted by Crippen LogP contribution is 2.22. The van der Waals surface area contributed by atoms with Crippen molar-refractivity contribution in [3.63, 3.8) is 0 Å². The van der Waals surface area contributed by atoms with E-state index in [0.29, 0.717) is 50.1 Å². The van der Waals surface area contributed by atoms with E-state index in [1.807, 2.05) is 11.0 Å². The Labute approximate surface area is 185 Å². The van der Waals surface area contributed by atoms with Crippen LogP contribution in [0.3, 0.4) is 0 Å². The van der Waals surface area contributed by atoms with Crippen LogP contribution >= 0.6 is 0 Å². The van der Waals surface area contributed by atoms with E-state index in [2.05, 4.69) is 9.89 Å². The van der Waals surface area contributed by atoms with Crippen molar-refractivity contribution in [1.82, 2.24) is 14.7 Å². The largest absolute Gasteiger partial charge is 0.466 e. The summed E-state index contributed by atoms with van der Waals surface area (Å²) in [5.74, 6) is -0.352. The Balaban J connectivity index is 1.54. The van der Waals surface area contributed by atoms with Gasteiger partial charge in [0.2, 0.25) is 0 Å². The van der Waals surface area contributed by atoms with Crippen LogP contribution in [0, 0.1) is 5.82 Å². The summed E-state index contributed by atoms with van der Waals surface area (Å²) >= 11 is 0.